The molecule has 1 aliphatic rings. The molecule has 0 saturated heterocycles. The summed E-state index contributed by atoms with van der Waals surface area (Å²) in [5, 5.41) is 9.39. The summed E-state index contributed by atoms with van der Waals surface area (Å²) in [7, 11) is 2.23. The highest BCUT2D eigenvalue weighted by molar-refractivity contribution is 6.03. The molecule has 0 aromatic heterocycles. The van der Waals surface area contributed by atoms with E-state index in [1.165, 1.54) is 0 Å². The van der Waals surface area contributed by atoms with Crippen molar-refractivity contribution in [2.24, 2.45) is 0 Å². The average molecular weight is 296 g/mol. The second-order valence-electron chi connectivity index (χ2n) is 4.64. The third kappa shape index (κ3) is 2.64. The van der Waals surface area contributed by atoms with Crippen molar-refractivity contribution in [3.8, 4) is 11.5 Å². The number of ether oxygens (including phenoxy) is 4. The fraction of sp³-hybridized carbons (Fsp3) is 0.429. The minimum Gasteiger partial charge on any atom is -0.463 e. The van der Waals surface area contributed by atoms with E-state index < -0.39 is 23.8 Å². The van der Waals surface area contributed by atoms with Gasteiger partial charge in [-0.1, -0.05) is 6.07 Å². The van der Waals surface area contributed by atoms with Crippen LogP contribution in [0.15, 0.2) is 18.2 Å². The minimum absolute atomic E-state index is 0.212. The van der Waals surface area contributed by atoms with Crippen LogP contribution in [0.3, 0.4) is 0 Å². The van der Waals surface area contributed by atoms with Crippen LogP contribution in [0.25, 0.3) is 0 Å². The molecule has 0 fully saturated rings. The predicted octanol–water partition coefficient (Wildman–Crippen LogP) is 0.423. The first-order valence-corrected chi connectivity index (χ1v) is 6.28. The smallest absolute Gasteiger partial charge is 0.453 e. The number of carbonyl (C=O) groups excluding carboxylic acids is 2. The number of rotatable bonds is 4. The average Bonchev–Trinajstić information content (AvgIpc) is 2.84. The number of esters is 2. The van der Waals surface area contributed by atoms with Gasteiger partial charge in [-0.3, -0.25) is 0 Å². The van der Waals surface area contributed by atoms with Crippen molar-refractivity contribution in [1.82, 2.24) is 0 Å². The van der Waals surface area contributed by atoms with Gasteiger partial charge in [-0.25, -0.2) is 9.59 Å². The first kappa shape index (κ1) is 15.1. The molecule has 0 aliphatic carbocycles. The van der Waals surface area contributed by atoms with Crippen molar-refractivity contribution in [2.75, 3.05) is 14.2 Å². The van der Waals surface area contributed by atoms with Gasteiger partial charge in [0, 0.05) is 0 Å². The predicted molar refractivity (Wildman–Crippen MR) is 69.8 cm³/mol. The first-order valence-electron chi connectivity index (χ1n) is 6.28. The highest BCUT2D eigenvalue weighted by atomic mass is 16.8. The zero-order chi connectivity index (χ0) is 15.6. The van der Waals surface area contributed by atoms with Gasteiger partial charge in [0.05, 0.1) is 20.3 Å². The SMILES string of the molecule is COC(=O)C1(C(=O)OC)Oc2ccc(C[C@H](C)O)cc2O1. The van der Waals surface area contributed by atoms with Crippen LogP contribution in [0, 0.1) is 0 Å². The highest BCUT2D eigenvalue weighted by Gasteiger charge is 2.59. The molecule has 1 atom stereocenters. The van der Waals surface area contributed by atoms with Crippen LogP contribution in [0.5, 0.6) is 11.5 Å². The van der Waals surface area contributed by atoms with E-state index in [4.69, 9.17) is 9.47 Å². The second kappa shape index (κ2) is 5.61. The van der Waals surface area contributed by atoms with Crippen LogP contribution < -0.4 is 9.47 Å². The van der Waals surface area contributed by atoms with Gasteiger partial charge in [0.2, 0.25) is 0 Å². The van der Waals surface area contributed by atoms with Crippen LogP contribution in [0.1, 0.15) is 12.5 Å². The number of hydrogen-bond donors (Lipinski definition) is 1. The summed E-state index contributed by atoms with van der Waals surface area (Å²) in [5.41, 5.74) is 0.776. The summed E-state index contributed by atoms with van der Waals surface area (Å²) in [6.45, 7) is 1.65. The molecule has 0 amide bonds. The second-order valence-corrected chi connectivity index (χ2v) is 4.64. The van der Waals surface area contributed by atoms with Gasteiger partial charge in [0.15, 0.2) is 11.5 Å². The fourth-order valence-corrected chi connectivity index (χ4v) is 2.03. The number of carbonyl (C=O) groups is 2. The molecule has 0 saturated carbocycles. The van der Waals surface area contributed by atoms with E-state index in [0.29, 0.717) is 6.42 Å². The minimum atomic E-state index is -2.28. The van der Waals surface area contributed by atoms with Crippen LogP contribution in [-0.2, 0) is 25.5 Å². The summed E-state index contributed by atoms with van der Waals surface area (Å²) >= 11 is 0. The highest BCUT2D eigenvalue weighted by Crippen LogP contribution is 2.41. The van der Waals surface area contributed by atoms with Gasteiger partial charge in [-0.2, -0.15) is 0 Å². The molecule has 0 unspecified atom stereocenters. The Balaban J connectivity index is 2.35. The Hall–Kier alpha value is -2.28. The molecule has 2 rings (SSSR count). The van der Waals surface area contributed by atoms with Gasteiger partial charge in [-0.05, 0) is 31.0 Å². The zero-order valence-electron chi connectivity index (χ0n) is 11.9. The van der Waals surface area contributed by atoms with Gasteiger partial charge >= 0.3 is 17.7 Å². The lowest BCUT2D eigenvalue weighted by Crippen LogP contribution is -2.55. The van der Waals surface area contributed by atoms with E-state index in [0.717, 1.165) is 19.8 Å². The number of hydrogen-bond acceptors (Lipinski definition) is 7. The molecule has 1 aliphatic heterocycles. The molecule has 21 heavy (non-hydrogen) atoms. The van der Waals surface area contributed by atoms with Crippen molar-refractivity contribution in [2.45, 2.75) is 25.2 Å². The molecule has 7 nitrogen and oxygen atoms in total. The molecular weight excluding hydrogens is 280 g/mol. The summed E-state index contributed by atoms with van der Waals surface area (Å²) < 4.78 is 19.8. The monoisotopic (exact) mass is 296 g/mol. The Kier molecular flexibility index (Phi) is 4.04. The third-order valence-corrected chi connectivity index (χ3v) is 2.95. The Morgan fingerprint density at radius 3 is 2.29 bits per heavy atom. The normalized spacial score (nSPS) is 16.2. The first-order chi connectivity index (χ1) is 9.92. The molecule has 7 heteroatoms. The molecular formula is C14H16O7. The molecule has 0 bridgehead atoms. The Morgan fingerprint density at radius 2 is 1.76 bits per heavy atom. The number of aliphatic hydroxyl groups is 1. The van der Waals surface area contributed by atoms with Crippen molar-refractivity contribution in [3.05, 3.63) is 23.8 Å². The zero-order valence-corrected chi connectivity index (χ0v) is 11.9. The van der Waals surface area contributed by atoms with Gasteiger partial charge in [0.25, 0.3) is 0 Å². The van der Waals surface area contributed by atoms with Crippen molar-refractivity contribution in [1.29, 1.82) is 0 Å². The van der Waals surface area contributed by atoms with E-state index in [1.807, 2.05) is 0 Å². The van der Waals surface area contributed by atoms with Gasteiger partial charge < -0.3 is 24.1 Å². The maximum atomic E-state index is 11.9. The van der Waals surface area contributed by atoms with E-state index >= 15 is 0 Å². The number of benzene rings is 1. The van der Waals surface area contributed by atoms with E-state index in [9.17, 15) is 14.7 Å². The largest absolute Gasteiger partial charge is 0.463 e. The number of fused-ring (bicyclic) bond motifs is 1. The van der Waals surface area contributed by atoms with E-state index in [2.05, 4.69) is 9.47 Å². The van der Waals surface area contributed by atoms with Crippen molar-refractivity contribution in [3.63, 3.8) is 0 Å². The van der Waals surface area contributed by atoms with Gasteiger partial charge in [0.1, 0.15) is 0 Å². The van der Waals surface area contributed by atoms with Crippen molar-refractivity contribution < 1.29 is 33.6 Å². The third-order valence-electron chi connectivity index (χ3n) is 2.95. The summed E-state index contributed by atoms with van der Waals surface area (Å²) in [5.74, 6) is -3.87. The number of aliphatic hydroxyl groups excluding tert-OH is 1. The lowest BCUT2D eigenvalue weighted by Gasteiger charge is -2.21. The molecule has 114 valence electrons. The van der Waals surface area contributed by atoms with Crippen LogP contribution in [0.2, 0.25) is 0 Å². The Labute approximate surface area is 121 Å². The molecule has 0 radical (unpaired) electrons. The molecule has 0 spiro atoms. The fourth-order valence-electron chi connectivity index (χ4n) is 2.03. The summed E-state index contributed by atoms with van der Waals surface area (Å²) in [6.07, 6.45) is -0.128. The van der Waals surface area contributed by atoms with Gasteiger partial charge in [-0.15, -0.1) is 0 Å². The maximum Gasteiger partial charge on any atom is 0.453 e. The maximum absolute atomic E-state index is 11.9. The molecule has 1 N–H and O–H groups in total. The molecule has 1 heterocycles. The van der Waals surface area contributed by atoms with Crippen LogP contribution >= 0.6 is 0 Å². The topological polar surface area (TPSA) is 91.3 Å². The summed E-state index contributed by atoms with van der Waals surface area (Å²) in [4.78, 5) is 23.7. The molecule has 1 aromatic rings. The van der Waals surface area contributed by atoms with E-state index in [-0.39, 0.29) is 11.5 Å². The molecule has 1 aromatic carbocycles. The van der Waals surface area contributed by atoms with Crippen LogP contribution in [-0.4, -0.2) is 43.2 Å². The Morgan fingerprint density at radius 1 is 1.19 bits per heavy atom. The van der Waals surface area contributed by atoms with Crippen molar-refractivity contribution >= 4 is 11.9 Å². The van der Waals surface area contributed by atoms with Crippen LogP contribution in [0.4, 0.5) is 0 Å². The lowest BCUT2D eigenvalue weighted by molar-refractivity contribution is -0.199. The standard InChI is InChI=1S/C14H16O7/c1-8(15)6-9-4-5-10-11(7-9)21-14(20-10,12(16)18-2)13(17)19-3/h4-5,7-8,15H,6H2,1-3H3/t8-/m0/s1. The number of methoxy groups -OCH3 is 2. The quantitative estimate of drug-likeness (QED) is 0.636. The summed E-state index contributed by atoms with van der Waals surface area (Å²) in [6, 6.07) is 4.86. The lowest BCUT2D eigenvalue weighted by atomic mass is 10.1. The Bertz CT molecular complexity index is 548. The van der Waals surface area contributed by atoms with E-state index in [1.54, 1.807) is 25.1 Å².